The van der Waals surface area contributed by atoms with Crippen molar-refractivity contribution in [1.29, 1.82) is 0 Å². The Bertz CT molecular complexity index is 1230. The fourth-order valence-electron chi connectivity index (χ4n) is 4.55. The van der Waals surface area contributed by atoms with Gasteiger partial charge in [0, 0.05) is 17.3 Å². The van der Waals surface area contributed by atoms with Crippen LogP contribution in [0.25, 0.3) is 0 Å². The van der Waals surface area contributed by atoms with Gasteiger partial charge in [-0.25, -0.2) is 4.79 Å². The number of hydrogen-bond donors (Lipinski definition) is 2. The van der Waals surface area contributed by atoms with Crippen molar-refractivity contribution in [3.8, 4) is 12.3 Å². The van der Waals surface area contributed by atoms with Crippen molar-refractivity contribution in [3.63, 3.8) is 0 Å². The fourth-order valence-corrected chi connectivity index (χ4v) is 5.02. The highest BCUT2D eigenvalue weighted by Gasteiger charge is 2.39. The lowest BCUT2D eigenvalue weighted by atomic mass is 9.96. The molecule has 2 N–H and O–H groups in total. The van der Waals surface area contributed by atoms with Crippen molar-refractivity contribution in [2.75, 3.05) is 17.3 Å². The molecule has 3 atom stereocenters. The summed E-state index contributed by atoms with van der Waals surface area (Å²) < 4.78 is 5.50. The second-order valence-electron chi connectivity index (χ2n) is 12.0. The number of aryl methyl sites for hydroxylation is 1. The average molecular weight is 594 g/mol. The van der Waals surface area contributed by atoms with Crippen LogP contribution in [0.3, 0.4) is 0 Å². The zero-order valence-corrected chi connectivity index (χ0v) is 27.1. The van der Waals surface area contributed by atoms with E-state index in [9.17, 15) is 14.4 Å². The fraction of sp³-hybridized carbons (Fsp3) is 0.500. The minimum Gasteiger partial charge on any atom is -0.444 e. The van der Waals surface area contributed by atoms with Crippen LogP contribution in [0.5, 0.6) is 0 Å². The van der Waals surface area contributed by atoms with E-state index < -0.39 is 23.8 Å². The summed E-state index contributed by atoms with van der Waals surface area (Å²) in [7, 11) is 0. The van der Waals surface area contributed by atoms with Gasteiger partial charge in [0.1, 0.15) is 17.7 Å². The van der Waals surface area contributed by atoms with E-state index in [-0.39, 0.29) is 17.9 Å². The third-order valence-corrected chi connectivity index (χ3v) is 7.46. The first kappa shape index (κ1) is 34.8. The maximum atomic E-state index is 14.5. The maximum absolute atomic E-state index is 14.5. The van der Waals surface area contributed by atoms with Gasteiger partial charge in [-0.1, -0.05) is 50.1 Å². The second-order valence-corrected chi connectivity index (χ2v) is 13.0. The molecule has 7 nitrogen and oxygen atoms in total. The van der Waals surface area contributed by atoms with Crippen LogP contribution in [-0.2, 0) is 14.3 Å². The number of terminal acetylenes is 1. The number of benzene rings is 2. The predicted molar refractivity (Wildman–Crippen MR) is 173 cm³/mol. The first-order valence-electron chi connectivity index (χ1n) is 14.5. The zero-order chi connectivity index (χ0) is 31.4. The number of anilines is 1. The lowest BCUT2D eigenvalue weighted by molar-refractivity contribution is -0.143. The quantitative estimate of drug-likeness (QED) is 0.245. The number of carbonyl (C=O) groups excluding carboxylic acids is 3. The summed E-state index contributed by atoms with van der Waals surface area (Å²) in [6, 6.07) is 12.5. The Labute approximate surface area is 256 Å². The molecule has 0 radical (unpaired) electrons. The van der Waals surface area contributed by atoms with Crippen LogP contribution in [0.15, 0.2) is 48.5 Å². The number of nitrogens with one attached hydrogen (secondary N) is 2. The highest BCUT2D eigenvalue weighted by Crippen LogP contribution is 2.30. The SMILES string of the molecule is C#Cc1ccc(C(C(=O)Nc2ccccc2C)N(C(=O)C(CCSC)NC(=O)OC(C)(C)C)C(C)CCC(C)C)cc1. The van der Waals surface area contributed by atoms with Gasteiger partial charge in [-0.2, -0.15) is 11.8 Å². The number of nitrogens with zero attached hydrogens (tertiary/aromatic N) is 1. The topological polar surface area (TPSA) is 87.7 Å². The van der Waals surface area contributed by atoms with Crippen molar-refractivity contribution < 1.29 is 19.1 Å². The van der Waals surface area contributed by atoms with Gasteiger partial charge in [0.2, 0.25) is 5.91 Å². The minimum atomic E-state index is -0.969. The van der Waals surface area contributed by atoms with Gasteiger partial charge in [-0.05, 0) is 101 Å². The maximum Gasteiger partial charge on any atom is 0.408 e. The van der Waals surface area contributed by atoms with Crippen molar-refractivity contribution in [3.05, 3.63) is 65.2 Å². The molecule has 3 amide bonds. The molecule has 0 saturated heterocycles. The molecule has 0 aromatic heterocycles. The Balaban J connectivity index is 2.64. The first-order chi connectivity index (χ1) is 19.8. The summed E-state index contributed by atoms with van der Waals surface area (Å²) in [5.74, 6) is 2.98. The average Bonchev–Trinajstić information content (AvgIpc) is 2.92. The van der Waals surface area contributed by atoms with Crippen molar-refractivity contribution >= 4 is 35.4 Å². The lowest BCUT2D eigenvalue weighted by Gasteiger charge is -2.39. The number of alkyl carbamates (subject to hydrolysis) is 1. The number of hydrogen-bond acceptors (Lipinski definition) is 5. The molecule has 228 valence electrons. The third-order valence-electron chi connectivity index (χ3n) is 6.81. The van der Waals surface area contributed by atoms with Gasteiger partial charge < -0.3 is 20.3 Å². The molecule has 0 aliphatic carbocycles. The summed E-state index contributed by atoms with van der Waals surface area (Å²) in [6.07, 6.45) is 8.81. The summed E-state index contributed by atoms with van der Waals surface area (Å²) >= 11 is 1.58. The van der Waals surface area contributed by atoms with E-state index >= 15 is 0 Å². The minimum absolute atomic E-state index is 0.308. The van der Waals surface area contributed by atoms with Crippen LogP contribution < -0.4 is 10.6 Å². The molecule has 0 aliphatic heterocycles. The van der Waals surface area contributed by atoms with Crippen LogP contribution >= 0.6 is 11.8 Å². The Morgan fingerprint density at radius 3 is 2.19 bits per heavy atom. The van der Waals surface area contributed by atoms with Crippen molar-refractivity contribution in [1.82, 2.24) is 10.2 Å². The zero-order valence-electron chi connectivity index (χ0n) is 26.3. The van der Waals surface area contributed by atoms with E-state index in [1.165, 1.54) is 0 Å². The third kappa shape index (κ3) is 10.8. The highest BCUT2D eigenvalue weighted by molar-refractivity contribution is 7.98. The number of para-hydroxylation sites is 1. The summed E-state index contributed by atoms with van der Waals surface area (Å²) in [5, 5.41) is 5.86. The van der Waals surface area contributed by atoms with E-state index in [2.05, 4.69) is 30.4 Å². The second kappa shape index (κ2) is 16.3. The Hall–Kier alpha value is -3.44. The molecule has 0 spiro atoms. The first-order valence-corrected chi connectivity index (χ1v) is 15.9. The number of amides is 3. The molecule has 0 fully saturated rings. The standard InChI is InChI=1S/C34H47N3O4S/c1-10-26-17-19-27(20-18-26)30(31(38)35-28-14-12-11-13-24(28)4)37(25(5)16-15-23(2)3)32(39)29(21-22-42-9)36-33(40)41-34(6,7)8/h1,11-14,17-20,23,25,29-30H,15-16,21-22H2,2-9H3,(H,35,38)(H,36,40). The van der Waals surface area contributed by atoms with E-state index in [0.717, 1.165) is 12.0 Å². The van der Waals surface area contributed by atoms with Crippen LogP contribution in [0.2, 0.25) is 0 Å². The van der Waals surface area contributed by atoms with Gasteiger partial charge in [0.25, 0.3) is 5.91 Å². The summed E-state index contributed by atoms with van der Waals surface area (Å²) in [4.78, 5) is 43.2. The molecule has 42 heavy (non-hydrogen) atoms. The molecule has 0 saturated carbocycles. The summed E-state index contributed by atoms with van der Waals surface area (Å²) in [5.41, 5.74) is 2.15. The summed E-state index contributed by atoms with van der Waals surface area (Å²) in [6.45, 7) is 13.5. The molecule has 0 aliphatic rings. The number of rotatable bonds is 13. The highest BCUT2D eigenvalue weighted by atomic mass is 32.2. The van der Waals surface area contributed by atoms with Crippen LogP contribution in [-0.4, -0.2) is 52.5 Å². The van der Waals surface area contributed by atoms with Gasteiger partial charge in [-0.3, -0.25) is 9.59 Å². The van der Waals surface area contributed by atoms with E-state index in [1.807, 2.05) is 44.4 Å². The van der Waals surface area contributed by atoms with E-state index in [1.54, 1.807) is 61.7 Å². The van der Waals surface area contributed by atoms with Gasteiger partial charge in [-0.15, -0.1) is 6.42 Å². The van der Waals surface area contributed by atoms with Gasteiger partial charge in [0.05, 0.1) is 0 Å². The van der Waals surface area contributed by atoms with Crippen molar-refractivity contribution in [2.24, 2.45) is 5.92 Å². The molecule has 0 bridgehead atoms. The van der Waals surface area contributed by atoms with Crippen LogP contribution in [0, 0.1) is 25.2 Å². The largest absolute Gasteiger partial charge is 0.444 e. The molecule has 2 rings (SSSR count). The normalized spacial score (nSPS) is 13.4. The molecular weight excluding hydrogens is 546 g/mol. The molecule has 8 heteroatoms. The lowest BCUT2D eigenvalue weighted by Crippen LogP contribution is -2.55. The predicted octanol–water partition coefficient (Wildman–Crippen LogP) is 6.96. The number of ether oxygens (including phenoxy) is 1. The number of thioether (sulfide) groups is 1. The Morgan fingerprint density at radius 2 is 1.64 bits per heavy atom. The molecule has 2 aromatic carbocycles. The van der Waals surface area contributed by atoms with Crippen LogP contribution in [0.1, 0.15) is 83.5 Å². The van der Waals surface area contributed by atoms with Crippen LogP contribution in [0.4, 0.5) is 10.5 Å². The Kier molecular flexibility index (Phi) is 13.5. The van der Waals surface area contributed by atoms with E-state index in [4.69, 9.17) is 11.2 Å². The van der Waals surface area contributed by atoms with Crippen molar-refractivity contribution in [2.45, 2.75) is 91.5 Å². The Morgan fingerprint density at radius 1 is 1.00 bits per heavy atom. The monoisotopic (exact) mass is 593 g/mol. The molecule has 0 heterocycles. The van der Waals surface area contributed by atoms with Gasteiger partial charge in [0.15, 0.2) is 0 Å². The molecular formula is C34H47N3O4S. The molecule has 2 aromatic rings. The molecule has 3 unspecified atom stereocenters. The van der Waals surface area contributed by atoms with Gasteiger partial charge >= 0.3 is 6.09 Å². The smallest absolute Gasteiger partial charge is 0.408 e. The number of carbonyl (C=O) groups is 3. The van der Waals surface area contributed by atoms with E-state index in [0.29, 0.717) is 41.3 Å².